The smallest absolute Gasteiger partial charge is 0.166 e. The number of carbonyl (C=O) groups is 4. The van der Waals surface area contributed by atoms with Crippen LogP contribution in [-0.4, -0.2) is 23.6 Å². The van der Waals surface area contributed by atoms with Gasteiger partial charge in [-0.1, -0.05) is 58.9 Å². The number of hydrogen-bond acceptors (Lipinski definition) is 4. The van der Waals surface area contributed by atoms with Gasteiger partial charge in [-0.3, -0.25) is 14.4 Å². The first-order valence-corrected chi connectivity index (χ1v) is 9.71. The zero-order valence-corrected chi connectivity index (χ0v) is 18.0. The van der Waals surface area contributed by atoms with Crippen LogP contribution in [-0.2, 0) is 9.59 Å². The highest BCUT2D eigenvalue weighted by atomic mass is 16.1. The lowest BCUT2D eigenvalue weighted by Gasteiger charge is -2.10. The van der Waals surface area contributed by atoms with Crippen LogP contribution in [0.25, 0.3) is 0 Å². The standard InChI is InChI=1S/C13H16O2.C8H16O.C2H4O/c1-4-9(2)13(15)12-8-6-5-7-11(12)10(3)14;1-4-8(9)6-5-7(2)3;1-2-3/h5-9H,4H2,1-3H3;7H,4-6H2,1-3H3;2H,1H3. The maximum absolute atomic E-state index is 11.9. The second-order valence-electron chi connectivity index (χ2n) is 6.84. The molecule has 152 valence electrons. The average Bonchev–Trinajstić information content (AvgIpc) is 2.65. The monoisotopic (exact) mass is 376 g/mol. The first-order chi connectivity index (χ1) is 12.7. The predicted octanol–water partition coefficient (Wildman–Crippen LogP) is 5.72. The second-order valence-corrected chi connectivity index (χ2v) is 6.84. The summed E-state index contributed by atoms with van der Waals surface area (Å²) < 4.78 is 0. The highest BCUT2D eigenvalue weighted by molar-refractivity contribution is 6.08. The third kappa shape index (κ3) is 12.8. The molecular weight excluding hydrogens is 340 g/mol. The van der Waals surface area contributed by atoms with Crippen molar-refractivity contribution in [2.24, 2.45) is 11.8 Å². The van der Waals surface area contributed by atoms with E-state index in [1.54, 1.807) is 24.3 Å². The van der Waals surface area contributed by atoms with E-state index in [4.69, 9.17) is 4.79 Å². The minimum absolute atomic E-state index is 0.0227. The lowest BCUT2D eigenvalue weighted by atomic mass is 9.92. The van der Waals surface area contributed by atoms with Crippen molar-refractivity contribution in [1.29, 1.82) is 0 Å². The van der Waals surface area contributed by atoms with Crippen molar-refractivity contribution >= 4 is 23.6 Å². The molecule has 0 radical (unpaired) electrons. The van der Waals surface area contributed by atoms with Gasteiger partial charge >= 0.3 is 0 Å². The van der Waals surface area contributed by atoms with Crippen molar-refractivity contribution < 1.29 is 19.2 Å². The second kappa shape index (κ2) is 16.1. The van der Waals surface area contributed by atoms with E-state index < -0.39 is 0 Å². The third-order valence-corrected chi connectivity index (χ3v) is 4.03. The van der Waals surface area contributed by atoms with E-state index in [2.05, 4.69) is 13.8 Å². The molecule has 1 rings (SSSR count). The number of carbonyl (C=O) groups excluding carboxylic acids is 4. The highest BCUT2D eigenvalue weighted by Gasteiger charge is 2.17. The first kappa shape index (κ1) is 27.1. The molecule has 1 aromatic carbocycles. The van der Waals surface area contributed by atoms with Gasteiger partial charge in [-0.15, -0.1) is 0 Å². The van der Waals surface area contributed by atoms with Crippen molar-refractivity contribution in [3.05, 3.63) is 35.4 Å². The number of rotatable bonds is 8. The van der Waals surface area contributed by atoms with Crippen LogP contribution in [0.5, 0.6) is 0 Å². The Morgan fingerprint density at radius 3 is 1.85 bits per heavy atom. The van der Waals surface area contributed by atoms with Gasteiger partial charge in [-0.05, 0) is 32.6 Å². The summed E-state index contributed by atoms with van der Waals surface area (Å²) >= 11 is 0. The minimum Gasteiger partial charge on any atom is -0.304 e. The van der Waals surface area contributed by atoms with Gasteiger partial charge in [-0.2, -0.15) is 0 Å². The molecule has 0 N–H and O–H groups in total. The van der Waals surface area contributed by atoms with Gasteiger partial charge < -0.3 is 4.79 Å². The first-order valence-electron chi connectivity index (χ1n) is 9.71. The summed E-state index contributed by atoms with van der Waals surface area (Å²) in [6.07, 6.45) is 4.07. The molecule has 0 aliphatic rings. The molecule has 1 atom stereocenters. The summed E-state index contributed by atoms with van der Waals surface area (Å²) in [5.41, 5.74) is 1.09. The Bertz CT molecular complexity index is 588. The molecule has 0 spiro atoms. The fourth-order valence-corrected chi connectivity index (χ4v) is 2.08. The van der Waals surface area contributed by atoms with Crippen LogP contribution in [0, 0.1) is 11.8 Å². The summed E-state index contributed by atoms with van der Waals surface area (Å²) in [6, 6.07) is 7.01. The molecule has 0 saturated heterocycles. The van der Waals surface area contributed by atoms with Crippen LogP contribution >= 0.6 is 0 Å². The molecule has 4 heteroatoms. The molecule has 0 bridgehead atoms. The van der Waals surface area contributed by atoms with Gasteiger partial charge in [0.25, 0.3) is 0 Å². The lowest BCUT2D eigenvalue weighted by Crippen LogP contribution is -2.14. The zero-order valence-electron chi connectivity index (χ0n) is 18.0. The van der Waals surface area contributed by atoms with Crippen molar-refractivity contribution in [2.75, 3.05) is 0 Å². The number of benzene rings is 1. The summed E-state index contributed by atoms with van der Waals surface area (Å²) in [5, 5.41) is 0. The number of Topliss-reactive ketones (excluding diaryl/α,β-unsaturated/α-hetero) is 3. The molecule has 1 unspecified atom stereocenters. The molecule has 0 fully saturated rings. The molecular formula is C23H36O4. The van der Waals surface area contributed by atoms with Gasteiger partial charge in [0.05, 0.1) is 0 Å². The summed E-state index contributed by atoms with van der Waals surface area (Å²) in [6.45, 7) is 13.0. The Hall–Kier alpha value is -2.10. The van der Waals surface area contributed by atoms with Crippen LogP contribution in [0.2, 0.25) is 0 Å². The molecule has 27 heavy (non-hydrogen) atoms. The Balaban J connectivity index is 0. The Morgan fingerprint density at radius 2 is 1.48 bits per heavy atom. The van der Waals surface area contributed by atoms with Gasteiger partial charge in [0, 0.05) is 29.9 Å². The van der Waals surface area contributed by atoms with E-state index in [9.17, 15) is 14.4 Å². The molecule has 0 aliphatic heterocycles. The van der Waals surface area contributed by atoms with Gasteiger partial charge in [0.1, 0.15) is 12.1 Å². The fraction of sp³-hybridized carbons (Fsp3) is 0.565. The molecule has 0 aliphatic carbocycles. The van der Waals surface area contributed by atoms with E-state index in [1.807, 2.05) is 20.8 Å². The van der Waals surface area contributed by atoms with Gasteiger partial charge in [0.15, 0.2) is 11.6 Å². The highest BCUT2D eigenvalue weighted by Crippen LogP contribution is 2.16. The van der Waals surface area contributed by atoms with Crippen molar-refractivity contribution in [3.63, 3.8) is 0 Å². The molecule has 4 nitrogen and oxygen atoms in total. The van der Waals surface area contributed by atoms with Crippen molar-refractivity contribution in [2.45, 2.75) is 74.1 Å². The molecule has 0 saturated carbocycles. The van der Waals surface area contributed by atoms with Crippen LogP contribution in [0.4, 0.5) is 0 Å². The molecule has 1 aromatic rings. The van der Waals surface area contributed by atoms with Crippen molar-refractivity contribution in [3.8, 4) is 0 Å². The van der Waals surface area contributed by atoms with Crippen LogP contribution in [0.15, 0.2) is 24.3 Å². The van der Waals surface area contributed by atoms with E-state index in [0.717, 1.165) is 25.5 Å². The van der Waals surface area contributed by atoms with Gasteiger partial charge in [-0.25, -0.2) is 0 Å². The molecule has 0 aromatic heterocycles. The normalized spacial score (nSPS) is 10.7. The number of ketones is 3. The van der Waals surface area contributed by atoms with Gasteiger partial charge in [0.2, 0.25) is 0 Å². The topological polar surface area (TPSA) is 68.3 Å². The van der Waals surface area contributed by atoms with Crippen LogP contribution < -0.4 is 0 Å². The SMILES string of the molecule is CC=O.CCC(=O)CCC(C)C.CCC(C)C(=O)c1ccccc1C(C)=O. The summed E-state index contributed by atoms with van der Waals surface area (Å²) in [4.78, 5) is 42.8. The quantitative estimate of drug-likeness (QED) is 0.429. The summed E-state index contributed by atoms with van der Waals surface area (Å²) in [5.74, 6) is 1.04. The number of aldehydes is 1. The van der Waals surface area contributed by atoms with E-state index in [1.165, 1.54) is 13.8 Å². The maximum Gasteiger partial charge on any atom is 0.166 e. The third-order valence-electron chi connectivity index (χ3n) is 4.03. The maximum atomic E-state index is 11.9. The van der Waals surface area contributed by atoms with E-state index in [0.29, 0.717) is 29.2 Å². The zero-order chi connectivity index (χ0) is 21.4. The Kier molecular flexibility index (Phi) is 16.2. The minimum atomic E-state index is -0.0535. The van der Waals surface area contributed by atoms with Crippen LogP contribution in [0.3, 0.4) is 0 Å². The Labute approximate surface area is 164 Å². The average molecular weight is 377 g/mol. The lowest BCUT2D eigenvalue weighted by molar-refractivity contribution is -0.119. The summed E-state index contributed by atoms with van der Waals surface area (Å²) in [7, 11) is 0. The van der Waals surface area contributed by atoms with Crippen LogP contribution in [0.1, 0.15) is 94.9 Å². The Morgan fingerprint density at radius 1 is 1.00 bits per heavy atom. The number of hydrogen-bond donors (Lipinski definition) is 0. The molecule has 0 heterocycles. The predicted molar refractivity (Wildman–Crippen MR) is 111 cm³/mol. The largest absolute Gasteiger partial charge is 0.304 e. The van der Waals surface area contributed by atoms with E-state index in [-0.39, 0.29) is 17.5 Å². The molecule has 0 amide bonds. The van der Waals surface area contributed by atoms with Crippen molar-refractivity contribution in [1.82, 2.24) is 0 Å². The fourth-order valence-electron chi connectivity index (χ4n) is 2.08. The van der Waals surface area contributed by atoms with E-state index >= 15 is 0 Å².